The minimum atomic E-state index is -0.271. The Labute approximate surface area is 227 Å². The minimum absolute atomic E-state index is 0.0905. The third-order valence-corrected chi connectivity index (χ3v) is 8.23. The maximum atomic E-state index is 13.7. The van der Waals surface area contributed by atoms with Crippen LogP contribution >= 0.6 is 23.2 Å². The lowest BCUT2D eigenvalue weighted by molar-refractivity contribution is 0.0912. The number of allylic oxidation sites excluding steroid dienone is 1. The number of fused-ring (bicyclic) bond motifs is 1. The third kappa shape index (κ3) is 5.78. The fourth-order valence-corrected chi connectivity index (χ4v) is 6.18. The SMILES string of the molecule is C[C@@H](NC(=O)c1nn(-c2ccc(Cl)cc2Cl)c2c1CCCC/C2=C\c1ccc(F)cc1)C1CCCCC1. The van der Waals surface area contributed by atoms with E-state index >= 15 is 0 Å². The van der Waals surface area contributed by atoms with Crippen LogP contribution in [0.25, 0.3) is 17.3 Å². The molecule has 7 heteroatoms. The van der Waals surface area contributed by atoms with E-state index in [0.717, 1.165) is 60.9 Å². The van der Waals surface area contributed by atoms with Gasteiger partial charge in [-0.2, -0.15) is 5.10 Å². The number of nitrogens with zero attached hydrogens (tertiary/aromatic N) is 2. The molecule has 2 aliphatic carbocycles. The summed E-state index contributed by atoms with van der Waals surface area (Å²) >= 11 is 12.8. The molecule has 0 radical (unpaired) electrons. The van der Waals surface area contributed by atoms with Gasteiger partial charge in [0.15, 0.2) is 5.69 Å². The molecule has 2 aromatic carbocycles. The van der Waals surface area contributed by atoms with Gasteiger partial charge in [0, 0.05) is 16.6 Å². The van der Waals surface area contributed by atoms with Crippen LogP contribution in [0.4, 0.5) is 4.39 Å². The van der Waals surface area contributed by atoms with Crippen molar-refractivity contribution in [2.45, 2.75) is 70.8 Å². The van der Waals surface area contributed by atoms with Crippen molar-refractivity contribution in [3.63, 3.8) is 0 Å². The van der Waals surface area contributed by atoms with Crippen LogP contribution in [-0.4, -0.2) is 21.7 Å². The molecule has 1 amide bonds. The highest BCUT2D eigenvalue weighted by molar-refractivity contribution is 6.35. The Morgan fingerprint density at radius 2 is 1.78 bits per heavy atom. The molecular formula is C30H32Cl2FN3O. The fourth-order valence-electron chi connectivity index (χ4n) is 5.69. The zero-order valence-corrected chi connectivity index (χ0v) is 22.6. The molecule has 37 heavy (non-hydrogen) atoms. The fraction of sp³-hybridized carbons (Fsp3) is 0.400. The number of aromatic nitrogens is 2. The predicted octanol–water partition coefficient (Wildman–Crippen LogP) is 8.28. The summed E-state index contributed by atoms with van der Waals surface area (Å²) in [4.78, 5) is 13.7. The Bertz CT molecular complexity index is 1310. The van der Waals surface area contributed by atoms with Gasteiger partial charge in [0.05, 0.1) is 16.4 Å². The molecule has 4 nitrogen and oxygen atoms in total. The molecule has 1 fully saturated rings. The highest BCUT2D eigenvalue weighted by atomic mass is 35.5. The second-order valence-electron chi connectivity index (χ2n) is 10.3. The normalized spacial score (nSPS) is 18.3. The summed E-state index contributed by atoms with van der Waals surface area (Å²) in [5.74, 6) is 0.0898. The summed E-state index contributed by atoms with van der Waals surface area (Å²) in [5, 5.41) is 9.14. The standard InChI is InChI=1S/C30H32Cl2FN3O/c1-19(21-7-3-2-4-8-21)34-30(37)28-25-10-6-5-9-22(17-20-11-14-24(33)15-12-20)29(25)36(35-28)27-16-13-23(31)18-26(27)32/h11-19,21H,2-10H2,1H3,(H,34,37)/b22-17+/t19-/m1/s1. The van der Waals surface area contributed by atoms with Crippen molar-refractivity contribution in [2.24, 2.45) is 5.92 Å². The van der Waals surface area contributed by atoms with Gasteiger partial charge < -0.3 is 5.32 Å². The summed E-state index contributed by atoms with van der Waals surface area (Å²) in [5.41, 5.74) is 4.91. The molecule has 0 saturated heterocycles. The van der Waals surface area contributed by atoms with Gasteiger partial charge in [-0.3, -0.25) is 4.79 Å². The number of hydrogen-bond donors (Lipinski definition) is 1. The minimum Gasteiger partial charge on any atom is -0.348 e. The van der Waals surface area contributed by atoms with Crippen molar-refractivity contribution < 1.29 is 9.18 Å². The average Bonchev–Trinajstić information content (AvgIpc) is 3.14. The first kappa shape index (κ1) is 26.0. The van der Waals surface area contributed by atoms with Gasteiger partial charge in [0.1, 0.15) is 5.82 Å². The Morgan fingerprint density at radius 1 is 1.05 bits per heavy atom. The maximum Gasteiger partial charge on any atom is 0.272 e. The quantitative estimate of drug-likeness (QED) is 0.331. The molecular weight excluding hydrogens is 508 g/mol. The monoisotopic (exact) mass is 539 g/mol. The maximum absolute atomic E-state index is 13.7. The largest absolute Gasteiger partial charge is 0.348 e. The van der Waals surface area contributed by atoms with E-state index in [1.165, 1.54) is 31.4 Å². The van der Waals surface area contributed by atoms with Crippen LogP contribution in [-0.2, 0) is 6.42 Å². The van der Waals surface area contributed by atoms with Crippen LogP contribution in [0.2, 0.25) is 10.0 Å². The molecule has 1 N–H and O–H groups in total. The number of hydrogen-bond acceptors (Lipinski definition) is 2. The highest BCUT2D eigenvalue weighted by Crippen LogP contribution is 2.37. The number of amides is 1. The number of benzene rings is 2. The first-order valence-corrected chi connectivity index (χ1v) is 14.0. The Kier molecular flexibility index (Phi) is 8.01. The number of carbonyl (C=O) groups is 1. The Morgan fingerprint density at radius 3 is 2.51 bits per heavy atom. The summed E-state index contributed by atoms with van der Waals surface area (Å²) in [6, 6.07) is 11.9. The molecule has 1 heterocycles. The predicted molar refractivity (Wildman–Crippen MR) is 149 cm³/mol. The van der Waals surface area contributed by atoms with Crippen molar-refractivity contribution in [1.29, 1.82) is 0 Å². The van der Waals surface area contributed by atoms with E-state index in [9.17, 15) is 9.18 Å². The Balaban J connectivity index is 1.60. The molecule has 0 unspecified atom stereocenters. The van der Waals surface area contributed by atoms with E-state index in [1.54, 1.807) is 28.9 Å². The number of carbonyl (C=O) groups excluding carboxylic acids is 1. The second kappa shape index (κ2) is 11.4. The molecule has 1 saturated carbocycles. The van der Waals surface area contributed by atoms with Crippen molar-refractivity contribution in [2.75, 3.05) is 0 Å². The van der Waals surface area contributed by atoms with Gasteiger partial charge in [-0.15, -0.1) is 0 Å². The molecule has 2 aliphatic rings. The lowest BCUT2D eigenvalue weighted by atomic mass is 9.84. The van der Waals surface area contributed by atoms with E-state index in [-0.39, 0.29) is 17.8 Å². The van der Waals surface area contributed by atoms with Gasteiger partial charge in [-0.05, 0) is 98.9 Å². The van der Waals surface area contributed by atoms with E-state index < -0.39 is 0 Å². The zero-order valence-electron chi connectivity index (χ0n) is 21.1. The van der Waals surface area contributed by atoms with E-state index in [1.807, 2.05) is 6.07 Å². The first-order chi connectivity index (χ1) is 17.9. The molecule has 1 atom stereocenters. The van der Waals surface area contributed by atoms with Crippen molar-refractivity contribution in [3.8, 4) is 5.69 Å². The topological polar surface area (TPSA) is 46.9 Å². The third-order valence-electron chi connectivity index (χ3n) is 7.69. The van der Waals surface area contributed by atoms with Gasteiger partial charge in [0.25, 0.3) is 5.91 Å². The lowest BCUT2D eigenvalue weighted by Crippen LogP contribution is -2.39. The van der Waals surface area contributed by atoms with E-state index in [4.69, 9.17) is 28.3 Å². The first-order valence-electron chi connectivity index (χ1n) is 13.3. The average molecular weight is 541 g/mol. The summed E-state index contributed by atoms with van der Waals surface area (Å²) in [7, 11) is 0. The molecule has 3 aromatic rings. The van der Waals surface area contributed by atoms with Crippen LogP contribution in [0.1, 0.15) is 85.6 Å². The lowest BCUT2D eigenvalue weighted by Gasteiger charge is -2.28. The van der Waals surface area contributed by atoms with Crippen LogP contribution < -0.4 is 5.32 Å². The number of rotatable bonds is 5. The number of halogens is 3. The van der Waals surface area contributed by atoms with Gasteiger partial charge >= 0.3 is 0 Å². The molecule has 1 aromatic heterocycles. The summed E-state index contributed by atoms with van der Waals surface area (Å²) < 4.78 is 15.4. The zero-order chi connectivity index (χ0) is 25.9. The van der Waals surface area contributed by atoms with Gasteiger partial charge in [-0.25, -0.2) is 9.07 Å². The second-order valence-corrected chi connectivity index (χ2v) is 11.1. The number of nitrogens with one attached hydrogen (secondary N) is 1. The summed E-state index contributed by atoms with van der Waals surface area (Å²) in [6.45, 7) is 2.11. The van der Waals surface area contributed by atoms with Crippen LogP contribution in [0.3, 0.4) is 0 Å². The van der Waals surface area contributed by atoms with Crippen molar-refractivity contribution in [3.05, 3.63) is 80.8 Å². The molecule has 5 rings (SSSR count). The molecule has 0 spiro atoms. The highest BCUT2D eigenvalue weighted by Gasteiger charge is 2.30. The molecule has 0 aliphatic heterocycles. The molecule has 0 bridgehead atoms. The van der Waals surface area contributed by atoms with Gasteiger partial charge in [-0.1, -0.05) is 54.6 Å². The van der Waals surface area contributed by atoms with Crippen LogP contribution in [0.15, 0.2) is 42.5 Å². The Hall–Kier alpha value is -2.63. The van der Waals surface area contributed by atoms with E-state index in [0.29, 0.717) is 27.3 Å². The van der Waals surface area contributed by atoms with Crippen LogP contribution in [0, 0.1) is 11.7 Å². The van der Waals surface area contributed by atoms with Crippen molar-refractivity contribution in [1.82, 2.24) is 15.1 Å². The van der Waals surface area contributed by atoms with Crippen LogP contribution in [0.5, 0.6) is 0 Å². The molecule has 194 valence electrons. The summed E-state index contributed by atoms with van der Waals surface area (Å²) in [6.07, 6.45) is 11.6. The van der Waals surface area contributed by atoms with Gasteiger partial charge in [0.2, 0.25) is 0 Å². The van der Waals surface area contributed by atoms with E-state index in [2.05, 4.69) is 18.3 Å². The van der Waals surface area contributed by atoms with Crippen molar-refractivity contribution >= 4 is 40.8 Å². The smallest absolute Gasteiger partial charge is 0.272 e.